The van der Waals surface area contributed by atoms with Gasteiger partial charge in [0.2, 0.25) is 0 Å². The molecule has 0 spiro atoms. The molecule has 11 aromatic rings. The van der Waals surface area contributed by atoms with Gasteiger partial charge in [0.1, 0.15) is 0 Å². The Morgan fingerprint density at radius 1 is 0.338 bits per heavy atom. The zero-order valence-electron chi connectivity index (χ0n) is 39.7. The van der Waals surface area contributed by atoms with Crippen LogP contribution < -0.4 is 5.46 Å². The van der Waals surface area contributed by atoms with E-state index in [1.54, 1.807) is 24.3 Å². The number of fused-ring (bicyclic) bond motifs is 2. The molecule has 2 aromatic heterocycles. The van der Waals surface area contributed by atoms with Crippen molar-refractivity contribution in [2.45, 2.75) is 27.7 Å². The second-order valence-corrected chi connectivity index (χ2v) is 19.2. The molecule has 0 saturated heterocycles. The van der Waals surface area contributed by atoms with Crippen molar-refractivity contribution in [1.29, 1.82) is 0 Å². The summed E-state index contributed by atoms with van der Waals surface area (Å²) in [7, 11) is -1.34. The normalized spacial score (nSPS) is 10.8. The summed E-state index contributed by atoms with van der Waals surface area (Å²) < 4.78 is 2.04. The summed E-state index contributed by atoms with van der Waals surface area (Å²) in [6, 6.07) is 71.6. The van der Waals surface area contributed by atoms with Crippen LogP contribution in [-0.2, 0) is 0 Å². The maximum Gasteiger partial charge on any atom is 0.488 e. The van der Waals surface area contributed by atoms with Gasteiger partial charge in [-0.25, -0.2) is 19.9 Å². The number of aryl methyl sites for hydroxylation is 4. The predicted molar refractivity (Wildman–Crippen MR) is 302 cm³/mol. The summed E-state index contributed by atoms with van der Waals surface area (Å²) in [4.78, 5) is 20.1. The van der Waals surface area contributed by atoms with Crippen LogP contribution in [0.4, 0.5) is 0 Å². The van der Waals surface area contributed by atoms with Gasteiger partial charge in [-0.15, -0.1) is 0 Å². The minimum Gasteiger partial charge on any atom is -0.423 e. The van der Waals surface area contributed by atoms with E-state index in [1.807, 2.05) is 48.5 Å². The number of nitrogens with zero attached hydrogens (tertiary/aromatic N) is 4. The van der Waals surface area contributed by atoms with Crippen LogP contribution in [-0.4, -0.2) is 37.1 Å². The average molecular weight is 1050 g/mol. The van der Waals surface area contributed by atoms with Gasteiger partial charge in [-0.05, 0) is 126 Å². The van der Waals surface area contributed by atoms with Crippen LogP contribution in [0.1, 0.15) is 22.3 Å². The number of benzene rings is 9. The molecule has 0 bridgehead atoms. The lowest BCUT2D eigenvalue weighted by Crippen LogP contribution is -2.29. The topological polar surface area (TPSA) is 92.0 Å². The molecule has 11 rings (SSSR count). The molecule has 0 unspecified atom stereocenters. The molecule has 0 amide bonds. The minimum atomic E-state index is -1.34. The van der Waals surface area contributed by atoms with Crippen LogP contribution in [0.3, 0.4) is 0 Å². The van der Waals surface area contributed by atoms with E-state index in [1.165, 1.54) is 44.5 Å². The van der Waals surface area contributed by atoms with Gasteiger partial charge in [-0.1, -0.05) is 196 Å². The Morgan fingerprint density at radius 2 is 0.732 bits per heavy atom. The lowest BCUT2D eigenvalue weighted by atomic mass is 9.81. The molecule has 0 radical (unpaired) electrons. The maximum absolute atomic E-state index is 8.58. The zero-order valence-corrected chi connectivity index (χ0v) is 42.9. The molecule has 346 valence electrons. The molecule has 0 aliphatic heterocycles. The van der Waals surface area contributed by atoms with Crippen molar-refractivity contribution in [2.24, 2.45) is 0 Å². The summed E-state index contributed by atoms with van der Waals surface area (Å²) in [6.07, 6.45) is 0. The fraction of sp³-hybridized carbons (Fsp3) is 0.0645. The van der Waals surface area contributed by atoms with Gasteiger partial charge in [0.15, 0.2) is 11.6 Å². The first kappa shape index (κ1) is 48.6. The summed E-state index contributed by atoms with van der Waals surface area (Å²) in [6.45, 7) is 8.58. The van der Waals surface area contributed by atoms with Crippen molar-refractivity contribution < 1.29 is 10.0 Å². The molecule has 0 aliphatic carbocycles. The van der Waals surface area contributed by atoms with Gasteiger partial charge in [-0.2, -0.15) is 0 Å². The van der Waals surface area contributed by atoms with Crippen molar-refractivity contribution in [3.8, 4) is 67.5 Å². The van der Waals surface area contributed by atoms with Gasteiger partial charge in [0.25, 0.3) is 0 Å². The minimum absolute atomic E-state index is 0.525. The first-order valence-electron chi connectivity index (χ1n) is 23.3. The molecule has 9 heteroatoms. The molecule has 0 fully saturated rings. The van der Waals surface area contributed by atoms with Gasteiger partial charge in [0.05, 0.1) is 22.4 Å². The van der Waals surface area contributed by atoms with E-state index < -0.39 is 7.12 Å². The van der Waals surface area contributed by atoms with Crippen molar-refractivity contribution in [2.75, 3.05) is 0 Å². The Morgan fingerprint density at radius 3 is 1.23 bits per heavy atom. The van der Waals surface area contributed by atoms with E-state index in [4.69, 9.17) is 30.0 Å². The molecular weight excluding hydrogens is 1000 g/mol. The molecule has 71 heavy (non-hydrogen) atoms. The fourth-order valence-electron chi connectivity index (χ4n) is 8.78. The third-order valence-electron chi connectivity index (χ3n) is 12.3. The number of hydrogen-bond donors (Lipinski definition) is 2. The quantitative estimate of drug-likeness (QED) is 0.155. The lowest BCUT2D eigenvalue weighted by molar-refractivity contribution is 0.426. The van der Waals surface area contributed by atoms with Crippen LogP contribution in [0, 0.1) is 27.7 Å². The fourth-order valence-corrected chi connectivity index (χ4v) is 9.54. The Balaban J connectivity index is 0.000000155. The second kappa shape index (κ2) is 22.1. The van der Waals surface area contributed by atoms with E-state index >= 15 is 0 Å². The smallest absolute Gasteiger partial charge is 0.423 e. The average Bonchev–Trinajstić information content (AvgIpc) is 3.39. The largest absolute Gasteiger partial charge is 0.488 e. The summed E-state index contributed by atoms with van der Waals surface area (Å²) in [5.41, 5.74) is 18.3. The monoisotopic (exact) mass is 1050 g/mol. The van der Waals surface area contributed by atoms with Crippen molar-refractivity contribution in [3.05, 3.63) is 244 Å². The summed E-state index contributed by atoms with van der Waals surface area (Å²) in [5.74, 6) is 1.48. The third kappa shape index (κ3) is 11.3. The molecule has 6 nitrogen and oxygen atoms in total. The molecule has 0 saturated carbocycles. The highest BCUT2D eigenvalue weighted by atomic mass is 79.9. The Bertz CT molecular complexity index is 3610. The van der Waals surface area contributed by atoms with Crippen LogP contribution in [0.5, 0.6) is 0 Å². The standard InChI is InChI=1S/C34H26N2.C22H16Br2N2.C6H7BO2/c1-23-11-9-12-24(2)32(23)33-30-22-28(26-15-7-4-8-16-26)19-20-31(30)35-34(36-33)29-18-10-17-27(21-29)25-13-5-3-6-14-25;1-13-5-3-6-14(2)20(13)21-18-12-17(24)9-10-19(18)25-22(26-21)15-7-4-8-16(23)11-15;8-7(9)6-4-2-1-3-5-6/h3-22H,1-2H3;3-12H,1-2H3;1-5,8-9H. The first-order chi connectivity index (χ1) is 34.5. The summed E-state index contributed by atoms with van der Waals surface area (Å²) >= 11 is 7.13. The van der Waals surface area contributed by atoms with Crippen LogP contribution in [0.2, 0.25) is 0 Å². The lowest BCUT2D eigenvalue weighted by Gasteiger charge is -2.15. The highest BCUT2D eigenvalue weighted by Gasteiger charge is 2.18. The van der Waals surface area contributed by atoms with E-state index in [-0.39, 0.29) is 0 Å². The Hall–Kier alpha value is -7.40. The van der Waals surface area contributed by atoms with E-state index in [2.05, 4.69) is 199 Å². The van der Waals surface area contributed by atoms with Crippen molar-refractivity contribution in [3.63, 3.8) is 0 Å². The number of hydrogen-bond acceptors (Lipinski definition) is 6. The van der Waals surface area contributed by atoms with Crippen molar-refractivity contribution in [1.82, 2.24) is 19.9 Å². The molecule has 9 aromatic carbocycles. The SMILES string of the molecule is Cc1cccc(C)c1-c1nc(-c2cccc(-c3ccccc3)c2)nc2ccc(-c3ccccc3)cc12.Cc1cccc(C)c1-c1nc(-c2cccc(Br)c2)nc2ccc(Br)cc12.OB(O)c1ccccc1. The molecule has 2 heterocycles. The third-order valence-corrected chi connectivity index (χ3v) is 13.3. The zero-order chi connectivity index (χ0) is 49.4. The Kier molecular flexibility index (Phi) is 15.2. The van der Waals surface area contributed by atoms with Crippen LogP contribution >= 0.6 is 31.9 Å². The van der Waals surface area contributed by atoms with Gasteiger partial charge in [-0.3, -0.25) is 0 Å². The second-order valence-electron chi connectivity index (χ2n) is 17.3. The van der Waals surface area contributed by atoms with E-state index in [0.29, 0.717) is 5.46 Å². The van der Waals surface area contributed by atoms with Crippen molar-refractivity contribution >= 4 is 66.2 Å². The highest BCUT2D eigenvalue weighted by molar-refractivity contribution is 9.10. The molecule has 0 aliphatic rings. The Labute approximate surface area is 432 Å². The van der Waals surface area contributed by atoms with E-state index in [9.17, 15) is 0 Å². The number of rotatable bonds is 7. The van der Waals surface area contributed by atoms with Gasteiger partial charge < -0.3 is 10.0 Å². The maximum atomic E-state index is 8.58. The van der Waals surface area contributed by atoms with Crippen LogP contribution in [0.25, 0.3) is 89.4 Å². The van der Waals surface area contributed by atoms with Gasteiger partial charge in [0, 0.05) is 42.0 Å². The van der Waals surface area contributed by atoms with E-state index in [0.717, 1.165) is 76.0 Å². The first-order valence-corrected chi connectivity index (χ1v) is 24.9. The molecule has 0 atom stereocenters. The number of aromatic nitrogens is 4. The van der Waals surface area contributed by atoms with Gasteiger partial charge >= 0.3 is 7.12 Å². The highest BCUT2D eigenvalue weighted by Crippen LogP contribution is 2.37. The molecule has 2 N–H and O–H groups in total. The summed E-state index contributed by atoms with van der Waals surface area (Å²) in [5, 5.41) is 19.3. The predicted octanol–water partition coefficient (Wildman–Crippen LogP) is 15.4. The molecular formula is C62H49BBr2N4O2. The van der Waals surface area contributed by atoms with Crippen LogP contribution in [0.15, 0.2) is 221 Å². The number of halogens is 2.